The zero-order chi connectivity index (χ0) is 14.2. The number of fused-ring (bicyclic) bond motifs is 1. The van der Waals surface area contributed by atoms with Crippen LogP contribution in [-0.4, -0.2) is 20.1 Å². The van der Waals surface area contributed by atoms with Crippen molar-refractivity contribution < 1.29 is 8.94 Å². The van der Waals surface area contributed by atoms with Gasteiger partial charge < -0.3 is 8.94 Å². The van der Waals surface area contributed by atoms with E-state index in [4.69, 9.17) is 8.94 Å². The maximum Gasteiger partial charge on any atom is 0.417 e. The van der Waals surface area contributed by atoms with E-state index < -0.39 is 5.76 Å². The largest absolute Gasteiger partial charge is 0.417 e. The molecule has 0 amide bonds. The smallest absolute Gasteiger partial charge is 0.408 e. The summed E-state index contributed by atoms with van der Waals surface area (Å²) >= 11 is 1.45. The summed E-state index contributed by atoms with van der Waals surface area (Å²) in [6.45, 7) is 0. The minimum absolute atomic E-state index is 0.465. The molecule has 0 aliphatic carbocycles. The molecular weight excluding hydrogens is 292 g/mol. The summed E-state index contributed by atoms with van der Waals surface area (Å²) in [5.74, 6) is 0.571. The lowest BCUT2D eigenvalue weighted by Gasteiger charge is -1.95. The van der Waals surface area contributed by atoms with Gasteiger partial charge in [0.2, 0.25) is 11.7 Å². The Hall–Kier alpha value is -2.74. The van der Waals surface area contributed by atoms with Crippen molar-refractivity contribution in [1.82, 2.24) is 20.1 Å². The fraction of sp³-hybridized carbons (Fsp3) is 0.0769. The summed E-state index contributed by atoms with van der Waals surface area (Å²) in [6.07, 6.45) is 2.18. The van der Waals surface area contributed by atoms with Gasteiger partial charge >= 0.3 is 5.76 Å². The van der Waals surface area contributed by atoms with E-state index in [2.05, 4.69) is 20.1 Å². The summed E-state index contributed by atoms with van der Waals surface area (Å²) in [6, 6.07) is 5.43. The van der Waals surface area contributed by atoms with Crippen molar-refractivity contribution in [3.05, 3.63) is 51.9 Å². The molecule has 3 aromatic heterocycles. The Morgan fingerprint density at radius 2 is 2.29 bits per heavy atom. The lowest BCUT2D eigenvalue weighted by molar-refractivity contribution is 0.386. The Bertz CT molecular complexity index is 951. The lowest BCUT2D eigenvalue weighted by atomic mass is 10.1. The fourth-order valence-corrected chi connectivity index (χ4v) is 2.58. The molecule has 0 aliphatic rings. The molecule has 1 aromatic carbocycles. The van der Waals surface area contributed by atoms with Gasteiger partial charge in [-0.15, -0.1) is 11.3 Å². The highest BCUT2D eigenvalue weighted by molar-refractivity contribution is 7.13. The first-order valence-corrected chi connectivity index (χ1v) is 6.99. The second-order valence-corrected chi connectivity index (χ2v) is 5.29. The minimum Gasteiger partial charge on any atom is -0.408 e. The Labute approximate surface area is 121 Å². The molecule has 0 unspecified atom stereocenters. The predicted octanol–water partition coefficient (Wildman–Crippen LogP) is 2.22. The average Bonchev–Trinajstić information content (AvgIpc) is 3.16. The molecule has 4 rings (SSSR count). The molecule has 3 heterocycles. The van der Waals surface area contributed by atoms with Crippen LogP contribution in [-0.2, 0) is 6.42 Å². The molecule has 0 saturated heterocycles. The van der Waals surface area contributed by atoms with E-state index in [1.807, 2.05) is 12.1 Å². The van der Waals surface area contributed by atoms with E-state index in [-0.39, 0.29) is 0 Å². The highest BCUT2D eigenvalue weighted by atomic mass is 32.1. The third kappa shape index (κ3) is 2.25. The second-order valence-electron chi connectivity index (χ2n) is 4.40. The molecule has 8 heteroatoms. The van der Waals surface area contributed by atoms with Crippen LogP contribution in [0.25, 0.3) is 21.8 Å². The van der Waals surface area contributed by atoms with Gasteiger partial charge in [-0.25, -0.2) is 4.79 Å². The topological polar surface area (TPSA) is 97.8 Å². The molecule has 0 atom stereocenters. The van der Waals surface area contributed by atoms with Crippen molar-refractivity contribution in [2.24, 2.45) is 0 Å². The first-order chi connectivity index (χ1) is 10.3. The molecule has 21 heavy (non-hydrogen) atoms. The predicted molar refractivity (Wildman–Crippen MR) is 75.0 cm³/mol. The van der Waals surface area contributed by atoms with Crippen LogP contribution in [0.1, 0.15) is 11.5 Å². The van der Waals surface area contributed by atoms with E-state index in [1.54, 1.807) is 17.8 Å². The van der Waals surface area contributed by atoms with Gasteiger partial charge in [-0.05, 0) is 17.7 Å². The van der Waals surface area contributed by atoms with Crippen molar-refractivity contribution in [2.75, 3.05) is 0 Å². The normalized spacial score (nSPS) is 11.2. The third-order valence-electron chi connectivity index (χ3n) is 2.96. The second kappa shape index (κ2) is 4.67. The van der Waals surface area contributed by atoms with Gasteiger partial charge in [0.1, 0.15) is 0 Å². The molecule has 0 aliphatic heterocycles. The Morgan fingerprint density at radius 1 is 1.33 bits per heavy atom. The van der Waals surface area contributed by atoms with Gasteiger partial charge in [0.25, 0.3) is 0 Å². The summed E-state index contributed by atoms with van der Waals surface area (Å²) in [4.78, 5) is 22.9. The zero-order valence-electron chi connectivity index (χ0n) is 10.6. The van der Waals surface area contributed by atoms with E-state index in [1.165, 1.54) is 11.3 Å². The molecule has 104 valence electrons. The van der Waals surface area contributed by atoms with Crippen LogP contribution in [0.15, 0.2) is 43.6 Å². The van der Waals surface area contributed by atoms with Crippen LogP contribution in [0.3, 0.4) is 0 Å². The monoisotopic (exact) mass is 300 g/mol. The Kier molecular flexibility index (Phi) is 2.68. The number of rotatable bonds is 3. The minimum atomic E-state index is -0.465. The number of thiazole rings is 1. The average molecular weight is 300 g/mol. The zero-order valence-corrected chi connectivity index (χ0v) is 11.4. The maximum absolute atomic E-state index is 11.1. The van der Waals surface area contributed by atoms with Gasteiger partial charge in [0.05, 0.1) is 22.3 Å². The number of nitrogens with zero attached hydrogens (tertiary/aromatic N) is 3. The SMILES string of the molecule is O=c1[nH]c2cc(Cc3nc(-c4cncs4)no3)ccc2o1. The number of H-pyrrole nitrogens is 1. The van der Waals surface area contributed by atoms with Crippen LogP contribution < -0.4 is 5.76 Å². The number of benzene rings is 1. The van der Waals surface area contributed by atoms with Crippen molar-refractivity contribution in [3.8, 4) is 10.7 Å². The summed E-state index contributed by atoms with van der Waals surface area (Å²) in [5.41, 5.74) is 3.84. The van der Waals surface area contributed by atoms with E-state index in [0.717, 1.165) is 10.4 Å². The summed E-state index contributed by atoms with van der Waals surface area (Å²) in [5, 5.41) is 3.93. The van der Waals surface area contributed by atoms with E-state index in [9.17, 15) is 4.79 Å². The standard InChI is InChI=1S/C13H8N4O3S/c18-13-15-8-3-7(1-2-9(8)19-13)4-11-16-12(17-20-11)10-5-14-6-21-10/h1-3,5-6H,4H2,(H,15,18). The van der Waals surface area contributed by atoms with Crippen LogP contribution in [0.2, 0.25) is 0 Å². The molecule has 0 bridgehead atoms. The van der Waals surface area contributed by atoms with Crippen molar-refractivity contribution >= 4 is 22.4 Å². The summed E-state index contributed by atoms with van der Waals surface area (Å²) in [7, 11) is 0. The van der Waals surface area contributed by atoms with Gasteiger partial charge in [-0.2, -0.15) is 4.98 Å². The third-order valence-corrected chi connectivity index (χ3v) is 3.73. The fourth-order valence-electron chi connectivity index (χ4n) is 2.04. The number of hydrogen-bond acceptors (Lipinski definition) is 7. The van der Waals surface area contributed by atoms with Gasteiger partial charge in [0, 0.05) is 6.20 Å². The molecule has 1 N–H and O–H groups in total. The number of aromatic nitrogens is 4. The van der Waals surface area contributed by atoms with Crippen molar-refractivity contribution in [3.63, 3.8) is 0 Å². The quantitative estimate of drug-likeness (QED) is 0.623. The van der Waals surface area contributed by atoms with Gasteiger partial charge in [0.15, 0.2) is 5.58 Å². The number of aromatic amines is 1. The Balaban J connectivity index is 1.63. The molecule has 0 spiro atoms. The van der Waals surface area contributed by atoms with Crippen molar-refractivity contribution in [2.45, 2.75) is 6.42 Å². The van der Waals surface area contributed by atoms with Crippen LogP contribution in [0, 0.1) is 0 Å². The highest BCUT2D eigenvalue weighted by Crippen LogP contribution is 2.21. The van der Waals surface area contributed by atoms with Gasteiger partial charge in [-0.3, -0.25) is 9.97 Å². The van der Waals surface area contributed by atoms with Gasteiger partial charge in [-0.1, -0.05) is 11.2 Å². The molecule has 4 aromatic rings. The van der Waals surface area contributed by atoms with Crippen molar-refractivity contribution in [1.29, 1.82) is 0 Å². The van der Waals surface area contributed by atoms with E-state index >= 15 is 0 Å². The number of oxazole rings is 1. The first-order valence-electron chi connectivity index (χ1n) is 6.11. The highest BCUT2D eigenvalue weighted by Gasteiger charge is 2.11. The van der Waals surface area contributed by atoms with Crippen LogP contribution >= 0.6 is 11.3 Å². The van der Waals surface area contributed by atoms with Crippen LogP contribution in [0.4, 0.5) is 0 Å². The van der Waals surface area contributed by atoms with E-state index in [0.29, 0.717) is 29.2 Å². The van der Waals surface area contributed by atoms with Crippen LogP contribution in [0.5, 0.6) is 0 Å². The molecule has 0 saturated carbocycles. The first kappa shape index (κ1) is 12.0. The molecule has 7 nitrogen and oxygen atoms in total. The molecular formula is C13H8N4O3S. The number of hydrogen-bond donors (Lipinski definition) is 1. The lowest BCUT2D eigenvalue weighted by Crippen LogP contribution is -1.93. The number of nitrogens with one attached hydrogen (secondary N) is 1. The molecule has 0 radical (unpaired) electrons. The molecule has 0 fully saturated rings. The maximum atomic E-state index is 11.1. The summed E-state index contributed by atoms with van der Waals surface area (Å²) < 4.78 is 10.2. The Morgan fingerprint density at radius 3 is 3.14 bits per heavy atom.